The van der Waals surface area contributed by atoms with E-state index in [-0.39, 0.29) is 18.2 Å². The minimum atomic E-state index is 0. The van der Waals surface area contributed by atoms with Crippen molar-refractivity contribution in [1.29, 1.82) is 0 Å². The van der Waals surface area contributed by atoms with Gasteiger partial charge in [0, 0.05) is 21.5 Å². The number of nitrogens with two attached hydrogens (primary N) is 1. The van der Waals surface area contributed by atoms with E-state index in [1.165, 1.54) is 0 Å². The van der Waals surface area contributed by atoms with Crippen molar-refractivity contribution >= 4 is 40.5 Å². The second-order valence-corrected chi connectivity index (χ2v) is 3.30. The smallest absolute Gasteiger partial charge is 0.123 e. The third-order valence-corrected chi connectivity index (χ3v) is 2.22. The van der Waals surface area contributed by atoms with E-state index in [4.69, 9.17) is 17.3 Å². The van der Waals surface area contributed by atoms with Gasteiger partial charge in [0.05, 0.1) is 0 Å². The number of anilines is 1. The number of fused-ring (bicyclic) bond motifs is 1. The maximum atomic E-state index is 9.51. The SMILES string of the molecule is Cl.Nc1ccc(O)c2cc(Cl)ccc12. The molecule has 2 rings (SSSR count). The van der Waals surface area contributed by atoms with Gasteiger partial charge in [-0.1, -0.05) is 17.7 Å². The van der Waals surface area contributed by atoms with E-state index in [9.17, 15) is 5.11 Å². The quantitative estimate of drug-likeness (QED) is 0.539. The lowest BCUT2D eigenvalue weighted by molar-refractivity contribution is 0.481. The summed E-state index contributed by atoms with van der Waals surface area (Å²) in [6.45, 7) is 0. The van der Waals surface area contributed by atoms with Gasteiger partial charge in [-0.25, -0.2) is 0 Å². The molecule has 0 amide bonds. The fourth-order valence-electron chi connectivity index (χ4n) is 1.33. The van der Waals surface area contributed by atoms with Crippen LogP contribution in [0.5, 0.6) is 5.75 Å². The van der Waals surface area contributed by atoms with E-state index >= 15 is 0 Å². The largest absolute Gasteiger partial charge is 0.507 e. The second kappa shape index (κ2) is 3.95. The van der Waals surface area contributed by atoms with Crippen LogP contribution in [0.15, 0.2) is 30.3 Å². The molecule has 2 nitrogen and oxygen atoms in total. The molecule has 0 fully saturated rings. The van der Waals surface area contributed by atoms with Crippen molar-refractivity contribution in [2.45, 2.75) is 0 Å². The predicted octanol–water partition coefficient (Wildman–Crippen LogP) is 3.20. The first kappa shape index (κ1) is 11.0. The first-order valence-corrected chi connectivity index (χ1v) is 4.23. The fraction of sp³-hybridized carbons (Fsp3) is 0. The normalized spacial score (nSPS) is 9.79. The van der Waals surface area contributed by atoms with Crippen molar-refractivity contribution in [1.82, 2.24) is 0 Å². The lowest BCUT2D eigenvalue weighted by Crippen LogP contribution is -1.86. The van der Waals surface area contributed by atoms with Crippen LogP contribution in [-0.4, -0.2) is 5.11 Å². The van der Waals surface area contributed by atoms with Crippen LogP contribution in [0.4, 0.5) is 5.69 Å². The van der Waals surface area contributed by atoms with Crippen molar-refractivity contribution in [2.24, 2.45) is 0 Å². The van der Waals surface area contributed by atoms with E-state index in [1.807, 2.05) is 0 Å². The van der Waals surface area contributed by atoms with Gasteiger partial charge in [-0.2, -0.15) is 0 Å². The highest BCUT2D eigenvalue weighted by atomic mass is 35.5. The van der Waals surface area contributed by atoms with Crippen molar-refractivity contribution in [2.75, 3.05) is 5.73 Å². The third-order valence-electron chi connectivity index (χ3n) is 1.99. The van der Waals surface area contributed by atoms with Crippen molar-refractivity contribution in [3.05, 3.63) is 35.4 Å². The average molecular weight is 230 g/mol. The lowest BCUT2D eigenvalue weighted by Gasteiger charge is -2.03. The molecule has 0 aromatic heterocycles. The van der Waals surface area contributed by atoms with Crippen molar-refractivity contribution in [3.63, 3.8) is 0 Å². The number of hydrogen-bond acceptors (Lipinski definition) is 2. The highest BCUT2D eigenvalue weighted by molar-refractivity contribution is 6.31. The Hall–Kier alpha value is -1.12. The zero-order valence-electron chi connectivity index (χ0n) is 7.20. The maximum Gasteiger partial charge on any atom is 0.123 e. The number of aromatic hydroxyl groups is 1. The van der Waals surface area contributed by atoms with Gasteiger partial charge >= 0.3 is 0 Å². The highest BCUT2D eigenvalue weighted by Crippen LogP contribution is 2.30. The highest BCUT2D eigenvalue weighted by Gasteiger charge is 2.02. The van der Waals surface area contributed by atoms with E-state index in [0.29, 0.717) is 16.1 Å². The first-order chi connectivity index (χ1) is 6.18. The van der Waals surface area contributed by atoms with E-state index in [2.05, 4.69) is 0 Å². The summed E-state index contributed by atoms with van der Waals surface area (Å²) in [6, 6.07) is 8.48. The molecule has 0 aliphatic rings. The van der Waals surface area contributed by atoms with Gasteiger partial charge in [-0.3, -0.25) is 0 Å². The zero-order valence-corrected chi connectivity index (χ0v) is 8.77. The minimum Gasteiger partial charge on any atom is -0.507 e. The molecule has 0 heterocycles. The van der Waals surface area contributed by atoms with Gasteiger partial charge < -0.3 is 10.8 Å². The van der Waals surface area contributed by atoms with Crippen LogP contribution in [0.1, 0.15) is 0 Å². The molecule has 4 heteroatoms. The zero-order chi connectivity index (χ0) is 9.42. The number of phenols is 1. The molecule has 74 valence electrons. The number of halogens is 2. The number of rotatable bonds is 0. The molecule has 0 saturated carbocycles. The number of benzene rings is 2. The standard InChI is InChI=1S/C10H8ClNO.ClH/c11-6-1-2-7-8(5-6)10(13)4-3-9(7)12;/h1-5,13H,12H2;1H. The van der Waals surface area contributed by atoms with Crippen molar-refractivity contribution < 1.29 is 5.11 Å². The Morgan fingerprint density at radius 3 is 2.50 bits per heavy atom. The Kier molecular flexibility index (Phi) is 3.09. The van der Waals surface area contributed by atoms with Gasteiger partial charge in [-0.15, -0.1) is 12.4 Å². The fourth-order valence-corrected chi connectivity index (χ4v) is 1.50. The summed E-state index contributed by atoms with van der Waals surface area (Å²) in [5.41, 5.74) is 6.36. The van der Waals surface area contributed by atoms with Crippen LogP contribution in [0.25, 0.3) is 10.8 Å². The van der Waals surface area contributed by atoms with Gasteiger partial charge in [0.15, 0.2) is 0 Å². The summed E-state index contributed by atoms with van der Waals surface area (Å²) in [4.78, 5) is 0. The predicted molar refractivity (Wildman–Crippen MR) is 62.3 cm³/mol. The number of phenolic OH excluding ortho intramolecular Hbond substituents is 1. The average Bonchev–Trinajstić information content (AvgIpc) is 2.12. The molecular weight excluding hydrogens is 221 g/mol. The van der Waals surface area contributed by atoms with E-state index in [0.717, 1.165) is 5.39 Å². The molecule has 0 radical (unpaired) electrons. The summed E-state index contributed by atoms with van der Waals surface area (Å²) < 4.78 is 0. The van der Waals surface area contributed by atoms with E-state index in [1.54, 1.807) is 30.3 Å². The summed E-state index contributed by atoms with van der Waals surface area (Å²) in [5.74, 6) is 0.201. The Balaban J connectivity index is 0.000000980. The molecule has 0 bridgehead atoms. The Morgan fingerprint density at radius 1 is 1.07 bits per heavy atom. The molecule has 0 saturated heterocycles. The van der Waals surface area contributed by atoms with Gasteiger partial charge in [-0.05, 0) is 24.3 Å². The van der Waals surface area contributed by atoms with E-state index < -0.39 is 0 Å². The number of hydrogen-bond donors (Lipinski definition) is 2. The minimum absolute atomic E-state index is 0. The molecule has 2 aromatic carbocycles. The van der Waals surface area contributed by atoms with Crippen molar-refractivity contribution in [3.8, 4) is 5.75 Å². The molecule has 0 atom stereocenters. The maximum absolute atomic E-state index is 9.51. The molecule has 3 N–H and O–H groups in total. The summed E-state index contributed by atoms with van der Waals surface area (Å²) in [6.07, 6.45) is 0. The molecule has 0 aliphatic heterocycles. The summed E-state index contributed by atoms with van der Waals surface area (Å²) >= 11 is 5.79. The molecule has 0 unspecified atom stereocenters. The number of nitrogen functional groups attached to an aromatic ring is 1. The summed E-state index contributed by atoms with van der Waals surface area (Å²) in [7, 11) is 0. The van der Waals surface area contributed by atoms with Crippen LogP contribution >= 0.6 is 24.0 Å². The Labute approximate surface area is 92.7 Å². The van der Waals surface area contributed by atoms with Gasteiger partial charge in [0.2, 0.25) is 0 Å². The summed E-state index contributed by atoms with van der Waals surface area (Å²) in [5, 5.41) is 11.6. The second-order valence-electron chi connectivity index (χ2n) is 2.86. The van der Waals surface area contributed by atoms with Crippen LogP contribution in [0.3, 0.4) is 0 Å². The molecule has 14 heavy (non-hydrogen) atoms. The third kappa shape index (κ3) is 1.72. The van der Waals surface area contributed by atoms with Gasteiger partial charge in [0.1, 0.15) is 5.75 Å². The molecular formula is C10H9Cl2NO. The molecule has 0 aliphatic carbocycles. The topological polar surface area (TPSA) is 46.2 Å². The molecule has 2 aromatic rings. The van der Waals surface area contributed by atoms with Gasteiger partial charge in [0.25, 0.3) is 0 Å². The first-order valence-electron chi connectivity index (χ1n) is 3.85. The molecule has 0 spiro atoms. The van der Waals surface area contributed by atoms with Crippen LogP contribution < -0.4 is 5.73 Å². The Bertz CT molecular complexity index is 471. The lowest BCUT2D eigenvalue weighted by atomic mass is 10.1. The Morgan fingerprint density at radius 2 is 1.79 bits per heavy atom. The van der Waals surface area contributed by atoms with Crippen LogP contribution in [-0.2, 0) is 0 Å². The van der Waals surface area contributed by atoms with Crippen LogP contribution in [0.2, 0.25) is 5.02 Å². The monoisotopic (exact) mass is 229 g/mol. The van der Waals surface area contributed by atoms with Crippen LogP contribution in [0, 0.1) is 0 Å².